The molecule has 0 saturated heterocycles. The Hall–Kier alpha value is -3.06. The maximum Gasteiger partial charge on any atom is 0.339 e. The molecule has 0 heterocycles. The number of carbonyl (C=O) groups is 3. The predicted molar refractivity (Wildman–Crippen MR) is 92.7 cm³/mol. The fourth-order valence-electron chi connectivity index (χ4n) is 1.76. The second-order valence-electron chi connectivity index (χ2n) is 4.69. The molecule has 0 bridgehead atoms. The zero-order valence-corrected chi connectivity index (χ0v) is 14.2. The quantitative estimate of drug-likeness (QED) is 0.765. The molecule has 132 valence electrons. The molecule has 0 saturated carbocycles. The SMILES string of the molecule is COc1cc(NC(C)=O)c(Cl)cc1C(=O)O.O=C(O)c1ccccc1. The van der Waals surface area contributed by atoms with Crippen molar-refractivity contribution in [3.8, 4) is 5.75 Å². The summed E-state index contributed by atoms with van der Waals surface area (Å²) >= 11 is 5.81. The molecule has 0 unspecified atom stereocenters. The van der Waals surface area contributed by atoms with Crippen molar-refractivity contribution < 1.29 is 29.3 Å². The molecule has 2 rings (SSSR count). The van der Waals surface area contributed by atoms with Crippen molar-refractivity contribution in [2.75, 3.05) is 12.4 Å². The summed E-state index contributed by atoms with van der Waals surface area (Å²) in [7, 11) is 1.34. The van der Waals surface area contributed by atoms with Gasteiger partial charge in [0.2, 0.25) is 5.91 Å². The van der Waals surface area contributed by atoms with Crippen LogP contribution in [0.15, 0.2) is 42.5 Å². The summed E-state index contributed by atoms with van der Waals surface area (Å²) in [6.07, 6.45) is 0. The number of hydrogen-bond donors (Lipinski definition) is 3. The average Bonchev–Trinajstić information content (AvgIpc) is 2.57. The van der Waals surface area contributed by atoms with Crippen LogP contribution in [0, 0.1) is 0 Å². The number of methoxy groups -OCH3 is 1. The summed E-state index contributed by atoms with van der Waals surface area (Å²) in [4.78, 5) is 31.9. The van der Waals surface area contributed by atoms with E-state index in [4.69, 9.17) is 26.6 Å². The van der Waals surface area contributed by atoms with Gasteiger partial charge < -0.3 is 20.3 Å². The summed E-state index contributed by atoms with van der Waals surface area (Å²) in [5, 5.41) is 19.9. The minimum Gasteiger partial charge on any atom is -0.496 e. The lowest BCUT2D eigenvalue weighted by Crippen LogP contribution is -2.08. The summed E-state index contributed by atoms with van der Waals surface area (Å²) in [6, 6.07) is 10.9. The van der Waals surface area contributed by atoms with Crippen LogP contribution in [0.4, 0.5) is 5.69 Å². The van der Waals surface area contributed by atoms with Crippen LogP contribution in [0.2, 0.25) is 5.02 Å². The van der Waals surface area contributed by atoms with Gasteiger partial charge in [0.1, 0.15) is 11.3 Å². The lowest BCUT2D eigenvalue weighted by Gasteiger charge is -2.10. The van der Waals surface area contributed by atoms with E-state index in [1.54, 1.807) is 30.3 Å². The van der Waals surface area contributed by atoms with Crippen LogP contribution in [-0.2, 0) is 4.79 Å². The topological polar surface area (TPSA) is 113 Å². The van der Waals surface area contributed by atoms with Crippen molar-refractivity contribution in [2.24, 2.45) is 0 Å². The number of benzene rings is 2. The monoisotopic (exact) mass is 365 g/mol. The van der Waals surface area contributed by atoms with Crippen molar-refractivity contribution in [1.82, 2.24) is 0 Å². The number of amides is 1. The number of hydrogen-bond acceptors (Lipinski definition) is 4. The fraction of sp³-hybridized carbons (Fsp3) is 0.118. The lowest BCUT2D eigenvalue weighted by atomic mass is 10.2. The molecule has 8 heteroatoms. The number of rotatable bonds is 4. The smallest absolute Gasteiger partial charge is 0.339 e. The molecule has 0 aliphatic rings. The Morgan fingerprint density at radius 1 is 1.04 bits per heavy atom. The highest BCUT2D eigenvalue weighted by Crippen LogP contribution is 2.30. The molecule has 0 aliphatic heterocycles. The molecule has 0 atom stereocenters. The molecule has 3 N–H and O–H groups in total. The molecule has 1 amide bonds. The molecule has 2 aromatic carbocycles. The first-order valence-electron chi connectivity index (χ1n) is 6.93. The summed E-state index contributed by atoms with van der Waals surface area (Å²) in [6.45, 7) is 1.33. The number of carbonyl (C=O) groups excluding carboxylic acids is 1. The Labute approximate surface area is 148 Å². The maximum absolute atomic E-state index is 10.9. The maximum atomic E-state index is 10.9. The third kappa shape index (κ3) is 6.15. The molecule has 7 nitrogen and oxygen atoms in total. The van der Waals surface area contributed by atoms with Gasteiger partial charge in [-0.05, 0) is 18.2 Å². The number of nitrogens with one attached hydrogen (secondary N) is 1. The molecule has 0 spiro atoms. The van der Waals surface area contributed by atoms with E-state index < -0.39 is 11.9 Å². The van der Waals surface area contributed by atoms with Gasteiger partial charge in [0.15, 0.2) is 0 Å². The van der Waals surface area contributed by atoms with Gasteiger partial charge in [0.25, 0.3) is 0 Å². The molecule has 0 fully saturated rings. The second-order valence-corrected chi connectivity index (χ2v) is 5.10. The van der Waals surface area contributed by atoms with Crippen molar-refractivity contribution >= 4 is 35.1 Å². The Balaban J connectivity index is 0.000000293. The summed E-state index contributed by atoms with van der Waals surface area (Å²) in [5.41, 5.74) is 0.593. The molecule has 25 heavy (non-hydrogen) atoms. The number of carboxylic acids is 2. The highest BCUT2D eigenvalue weighted by molar-refractivity contribution is 6.34. The van der Waals surface area contributed by atoms with Crippen LogP contribution in [0.25, 0.3) is 0 Å². The van der Waals surface area contributed by atoms with E-state index in [-0.39, 0.29) is 22.2 Å². The molecule has 0 aliphatic carbocycles. The van der Waals surface area contributed by atoms with Gasteiger partial charge in [-0.25, -0.2) is 9.59 Å². The second kappa shape index (κ2) is 9.29. The first-order chi connectivity index (χ1) is 11.8. The van der Waals surface area contributed by atoms with Crippen LogP contribution in [0.1, 0.15) is 27.6 Å². The Bertz CT molecular complexity index is 776. The molecule has 0 aromatic heterocycles. The molecular weight excluding hydrogens is 350 g/mol. The van der Waals surface area contributed by atoms with Gasteiger partial charge in [0.05, 0.1) is 23.4 Å². The van der Waals surface area contributed by atoms with E-state index in [1.807, 2.05) is 0 Å². The van der Waals surface area contributed by atoms with E-state index in [2.05, 4.69) is 5.32 Å². The van der Waals surface area contributed by atoms with Crippen LogP contribution < -0.4 is 10.1 Å². The van der Waals surface area contributed by atoms with E-state index in [0.717, 1.165) is 0 Å². The Kier molecular flexibility index (Phi) is 7.43. The average molecular weight is 366 g/mol. The minimum atomic E-state index is -1.15. The van der Waals surface area contributed by atoms with Crippen LogP contribution in [-0.4, -0.2) is 35.2 Å². The Morgan fingerprint density at radius 2 is 1.64 bits per heavy atom. The molecule has 0 radical (unpaired) electrons. The van der Waals surface area contributed by atoms with Gasteiger partial charge in [-0.1, -0.05) is 29.8 Å². The van der Waals surface area contributed by atoms with Gasteiger partial charge in [-0.15, -0.1) is 0 Å². The third-order valence-corrected chi connectivity index (χ3v) is 3.16. The summed E-state index contributed by atoms with van der Waals surface area (Å²) in [5.74, 6) is -2.18. The van der Waals surface area contributed by atoms with E-state index in [0.29, 0.717) is 11.3 Å². The molecular formula is C17H16ClNO6. The standard InChI is InChI=1S/C10H10ClNO4.C7H6O2/c1-5(13)12-8-4-9(16-2)6(10(14)15)3-7(8)11;8-7(9)6-4-2-1-3-5-6/h3-4H,1-2H3,(H,12,13)(H,14,15);1-5H,(H,8,9). The largest absolute Gasteiger partial charge is 0.496 e. The number of carboxylic acid groups (broad SMARTS) is 2. The van der Waals surface area contributed by atoms with Gasteiger partial charge in [-0.2, -0.15) is 0 Å². The van der Waals surface area contributed by atoms with E-state index in [1.165, 1.54) is 26.2 Å². The van der Waals surface area contributed by atoms with Crippen LogP contribution in [0.5, 0.6) is 5.75 Å². The van der Waals surface area contributed by atoms with Crippen molar-refractivity contribution in [1.29, 1.82) is 0 Å². The van der Waals surface area contributed by atoms with E-state index in [9.17, 15) is 14.4 Å². The normalized spacial score (nSPS) is 9.40. The third-order valence-electron chi connectivity index (χ3n) is 2.85. The minimum absolute atomic E-state index is 0.0541. The summed E-state index contributed by atoms with van der Waals surface area (Å²) < 4.78 is 4.89. The van der Waals surface area contributed by atoms with Crippen molar-refractivity contribution in [2.45, 2.75) is 6.92 Å². The van der Waals surface area contributed by atoms with Crippen molar-refractivity contribution in [3.63, 3.8) is 0 Å². The van der Waals surface area contributed by atoms with Crippen LogP contribution in [0.3, 0.4) is 0 Å². The fourth-order valence-corrected chi connectivity index (χ4v) is 1.97. The van der Waals surface area contributed by atoms with E-state index >= 15 is 0 Å². The van der Waals surface area contributed by atoms with Crippen LogP contribution >= 0.6 is 11.6 Å². The highest BCUT2D eigenvalue weighted by Gasteiger charge is 2.15. The molecule has 2 aromatic rings. The number of anilines is 1. The number of halogens is 1. The van der Waals surface area contributed by atoms with Crippen molar-refractivity contribution in [3.05, 3.63) is 58.6 Å². The zero-order chi connectivity index (χ0) is 19.0. The van der Waals surface area contributed by atoms with Gasteiger partial charge in [-0.3, -0.25) is 4.79 Å². The first kappa shape index (κ1) is 20.0. The number of ether oxygens (including phenoxy) is 1. The number of aromatic carboxylic acids is 2. The highest BCUT2D eigenvalue weighted by atomic mass is 35.5. The predicted octanol–water partition coefficient (Wildman–Crippen LogP) is 3.39. The zero-order valence-electron chi connectivity index (χ0n) is 13.4. The van der Waals surface area contributed by atoms with Gasteiger partial charge >= 0.3 is 11.9 Å². The van der Waals surface area contributed by atoms with Gasteiger partial charge in [0, 0.05) is 13.0 Å². The first-order valence-corrected chi connectivity index (χ1v) is 7.30. The lowest BCUT2D eigenvalue weighted by molar-refractivity contribution is -0.114. The Morgan fingerprint density at radius 3 is 2.04 bits per heavy atom.